The molecule has 0 aliphatic carbocycles. The Morgan fingerprint density at radius 1 is 1.19 bits per heavy atom. The molecule has 0 unspecified atom stereocenters. The molecule has 2 aromatic carbocycles. The summed E-state index contributed by atoms with van der Waals surface area (Å²) in [6.07, 6.45) is 0.998. The summed E-state index contributed by atoms with van der Waals surface area (Å²) in [5.74, 6) is -0.548. The maximum absolute atomic E-state index is 12.5. The molecule has 0 aromatic heterocycles. The van der Waals surface area contributed by atoms with Gasteiger partial charge in [0.15, 0.2) is 18.1 Å². The first-order valence-corrected chi connectivity index (χ1v) is 10.0. The van der Waals surface area contributed by atoms with Gasteiger partial charge in [-0.2, -0.15) is 5.10 Å². The quantitative estimate of drug-likeness (QED) is 0.464. The molecule has 0 saturated carbocycles. The number of nitrogens with two attached hydrogens (primary N) is 1. The summed E-state index contributed by atoms with van der Waals surface area (Å²) in [4.78, 5) is 24.3. The molecule has 0 atom stereocenters. The first-order valence-electron chi connectivity index (χ1n) is 9.28. The normalized spacial score (nSPS) is 10.9. The number of amides is 3. The largest absolute Gasteiger partial charge is 0.504 e. The van der Waals surface area contributed by atoms with Crippen molar-refractivity contribution in [3.8, 4) is 17.2 Å². The van der Waals surface area contributed by atoms with E-state index >= 15 is 0 Å². The number of halogens is 2. The van der Waals surface area contributed by atoms with Gasteiger partial charge in [-0.05, 0) is 44.4 Å². The highest BCUT2D eigenvalue weighted by Gasteiger charge is 2.21. The Bertz CT molecular complexity index is 1040. The van der Waals surface area contributed by atoms with E-state index in [1.165, 1.54) is 6.07 Å². The minimum absolute atomic E-state index is 0.0366. The third-order valence-electron chi connectivity index (χ3n) is 4.45. The minimum Gasteiger partial charge on any atom is -0.504 e. The van der Waals surface area contributed by atoms with Gasteiger partial charge in [-0.25, -0.2) is 4.79 Å². The molecule has 3 amide bonds. The maximum Gasteiger partial charge on any atom is 0.342 e. The molecular formula is C21H23Cl2N3O5. The zero-order valence-corrected chi connectivity index (χ0v) is 19.0. The van der Waals surface area contributed by atoms with Crippen LogP contribution in [0.15, 0.2) is 23.3 Å². The standard InChI is InChI=1S/C21H23Cl2N3O5/c1-5-30-16-8-15(22)18(23)14(19(16)28)9-25-26(21(24)29)17(27)10-31-20-12(3)7-6-11(2)13(20)4/h6-9,28H,5,10H2,1-4H3,(H2,24,29)/b25-9+. The highest BCUT2D eigenvalue weighted by Crippen LogP contribution is 2.39. The van der Waals surface area contributed by atoms with Crippen LogP contribution < -0.4 is 15.2 Å². The Labute approximate surface area is 190 Å². The van der Waals surface area contributed by atoms with E-state index in [0.29, 0.717) is 10.8 Å². The number of benzene rings is 2. The van der Waals surface area contributed by atoms with Gasteiger partial charge in [0.25, 0.3) is 5.91 Å². The molecule has 0 heterocycles. The van der Waals surface area contributed by atoms with Gasteiger partial charge >= 0.3 is 6.03 Å². The molecule has 0 bridgehead atoms. The number of carbonyl (C=O) groups is 2. The second-order valence-electron chi connectivity index (χ2n) is 6.60. The fourth-order valence-corrected chi connectivity index (χ4v) is 3.09. The van der Waals surface area contributed by atoms with Crippen LogP contribution in [0, 0.1) is 20.8 Å². The van der Waals surface area contributed by atoms with Crippen molar-refractivity contribution in [3.05, 3.63) is 50.5 Å². The molecule has 8 nitrogen and oxygen atoms in total. The van der Waals surface area contributed by atoms with E-state index in [0.717, 1.165) is 22.9 Å². The van der Waals surface area contributed by atoms with Crippen LogP contribution in [0.1, 0.15) is 29.2 Å². The number of imide groups is 1. The number of urea groups is 1. The van der Waals surface area contributed by atoms with Crippen molar-refractivity contribution in [3.63, 3.8) is 0 Å². The van der Waals surface area contributed by atoms with Gasteiger partial charge in [0, 0.05) is 6.07 Å². The van der Waals surface area contributed by atoms with Crippen LogP contribution in [0.5, 0.6) is 17.2 Å². The van der Waals surface area contributed by atoms with Crippen molar-refractivity contribution >= 4 is 41.4 Å². The van der Waals surface area contributed by atoms with Crippen LogP contribution in [0.3, 0.4) is 0 Å². The Hall–Kier alpha value is -2.97. The SMILES string of the molecule is CCOc1cc(Cl)c(Cl)c(/C=N/N(C(N)=O)C(=O)COc2c(C)ccc(C)c2C)c1O. The molecular weight excluding hydrogens is 445 g/mol. The summed E-state index contributed by atoms with van der Waals surface area (Å²) in [7, 11) is 0. The fourth-order valence-electron chi connectivity index (χ4n) is 2.70. The summed E-state index contributed by atoms with van der Waals surface area (Å²) < 4.78 is 10.9. The van der Waals surface area contributed by atoms with Crippen molar-refractivity contribution in [2.24, 2.45) is 10.8 Å². The highest BCUT2D eigenvalue weighted by atomic mass is 35.5. The van der Waals surface area contributed by atoms with Crippen LogP contribution in [0.2, 0.25) is 10.0 Å². The predicted octanol–water partition coefficient (Wildman–Crippen LogP) is 4.34. The lowest BCUT2D eigenvalue weighted by atomic mass is 10.1. The second kappa shape index (κ2) is 10.4. The molecule has 0 radical (unpaired) electrons. The highest BCUT2D eigenvalue weighted by molar-refractivity contribution is 6.43. The van der Waals surface area contributed by atoms with Crippen LogP contribution in [0.25, 0.3) is 0 Å². The van der Waals surface area contributed by atoms with E-state index in [1.54, 1.807) is 6.92 Å². The molecule has 10 heteroatoms. The fraction of sp³-hybridized carbons (Fsp3) is 0.286. The number of hydrogen-bond acceptors (Lipinski definition) is 6. The minimum atomic E-state index is -1.13. The monoisotopic (exact) mass is 467 g/mol. The zero-order chi connectivity index (χ0) is 23.3. The number of ether oxygens (including phenoxy) is 2. The average Bonchev–Trinajstić information content (AvgIpc) is 2.71. The van der Waals surface area contributed by atoms with Gasteiger partial charge in [0.1, 0.15) is 5.75 Å². The number of carbonyl (C=O) groups excluding carboxylic acids is 2. The first kappa shape index (κ1) is 24.3. The van der Waals surface area contributed by atoms with Crippen molar-refractivity contribution in [1.82, 2.24) is 5.01 Å². The average molecular weight is 468 g/mol. The molecule has 3 N–H and O–H groups in total. The molecule has 31 heavy (non-hydrogen) atoms. The molecule has 0 fully saturated rings. The third-order valence-corrected chi connectivity index (χ3v) is 5.26. The predicted molar refractivity (Wildman–Crippen MR) is 119 cm³/mol. The summed E-state index contributed by atoms with van der Waals surface area (Å²) >= 11 is 12.2. The number of phenolic OH excluding ortho intramolecular Hbond substituents is 1. The second-order valence-corrected chi connectivity index (χ2v) is 7.38. The number of nitrogens with zero attached hydrogens (tertiary/aromatic N) is 2. The Morgan fingerprint density at radius 2 is 1.84 bits per heavy atom. The molecule has 2 rings (SSSR count). The first-order chi connectivity index (χ1) is 14.6. The number of primary amides is 1. The van der Waals surface area contributed by atoms with Crippen LogP contribution in [0.4, 0.5) is 4.79 Å². The lowest BCUT2D eigenvalue weighted by Crippen LogP contribution is -2.39. The van der Waals surface area contributed by atoms with E-state index in [2.05, 4.69) is 5.10 Å². The van der Waals surface area contributed by atoms with E-state index < -0.39 is 18.5 Å². The van der Waals surface area contributed by atoms with Crippen LogP contribution in [-0.2, 0) is 4.79 Å². The summed E-state index contributed by atoms with van der Waals surface area (Å²) in [6, 6.07) is 4.02. The van der Waals surface area contributed by atoms with Crippen molar-refractivity contribution in [2.45, 2.75) is 27.7 Å². The molecule has 2 aromatic rings. The number of aryl methyl sites for hydroxylation is 2. The molecule has 0 saturated heterocycles. The smallest absolute Gasteiger partial charge is 0.342 e. The van der Waals surface area contributed by atoms with Gasteiger partial charge < -0.3 is 20.3 Å². The lowest BCUT2D eigenvalue weighted by Gasteiger charge is -2.16. The van der Waals surface area contributed by atoms with Gasteiger partial charge in [0.2, 0.25) is 0 Å². The summed E-state index contributed by atoms with van der Waals surface area (Å²) in [5.41, 5.74) is 7.96. The van der Waals surface area contributed by atoms with Crippen LogP contribution in [-0.4, -0.2) is 41.5 Å². The van der Waals surface area contributed by atoms with E-state index in [9.17, 15) is 14.7 Å². The zero-order valence-electron chi connectivity index (χ0n) is 17.5. The Balaban J connectivity index is 2.28. The number of hydrogen-bond donors (Lipinski definition) is 2. The summed E-state index contributed by atoms with van der Waals surface area (Å²) in [5, 5.41) is 14.6. The number of rotatable bonds is 7. The van der Waals surface area contributed by atoms with Crippen molar-refractivity contribution in [2.75, 3.05) is 13.2 Å². The third kappa shape index (κ3) is 5.59. The van der Waals surface area contributed by atoms with Crippen molar-refractivity contribution in [1.29, 1.82) is 0 Å². The summed E-state index contributed by atoms with van der Waals surface area (Å²) in [6.45, 7) is 7.14. The molecule has 166 valence electrons. The van der Waals surface area contributed by atoms with Gasteiger partial charge in [0.05, 0.1) is 28.4 Å². The van der Waals surface area contributed by atoms with Gasteiger partial charge in [-0.3, -0.25) is 4.79 Å². The maximum atomic E-state index is 12.5. The number of hydrazone groups is 1. The van der Waals surface area contributed by atoms with E-state index in [1.807, 2.05) is 32.9 Å². The molecule has 0 aliphatic heterocycles. The molecule has 0 aliphatic rings. The molecule has 0 spiro atoms. The van der Waals surface area contributed by atoms with E-state index in [-0.39, 0.29) is 33.7 Å². The van der Waals surface area contributed by atoms with Gasteiger partial charge in [-0.15, -0.1) is 5.01 Å². The van der Waals surface area contributed by atoms with Gasteiger partial charge in [-0.1, -0.05) is 35.3 Å². The lowest BCUT2D eigenvalue weighted by molar-refractivity contribution is -0.130. The van der Waals surface area contributed by atoms with Crippen LogP contribution >= 0.6 is 23.2 Å². The van der Waals surface area contributed by atoms with Crippen molar-refractivity contribution < 1.29 is 24.2 Å². The Kier molecular flexibility index (Phi) is 8.13. The topological polar surface area (TPSA) is 114 Å². The number of aromatic hydroxyl groups is 1. The van der Waals surface area contributed by atoms with E-state index in [4.69, 9.17) is 38.4 Å². The number of phenols is 1. The Morgan fingerprint density at radius 3 is 2.45 bits per heavy atom.